The third-order valence-corrected chi connectivity index (χ3v) is 5.93. The van der Waals surface area contributed by atoms with Gasteiger partial charge in [-0.1, -0.05) is 25.6 Å². The predicted molar refractivity (Wildman–Crippen MR) is 102 cm³/mol. The first kappa shape index (κ1) is 21.2. The Balaban J connectivity index is 2.48. The van der Waals surface area contributed by atoms with Crippen LogP contribution in [0.25, 0.3) is 0 Å². The molecule has 0 saturated carbocycles. The van der Waals surface area contributed by atoms with Crippen molar-refractivity contribution >= 4 is 10.8 Å². The molecule has 0 radical (unpaired) electrons. The van der Waals surface area contributed by atoms with E-state index in [1.165, 1.54) is 13.0 Å². The number of benzene rings is 1. The van der Waals surface area contributed by atoms with Gasteiger partial charge in [0, 0.05) is 17.2 Å². The molecule has 144 valence electrons. The molecule has 0 bridgehead atoms. The topological polar surface area (TPSA) is 40.9 Å². The quantitative estimate of drug-likeness (QED) is 0.639. The van der Waals surface area contributed by atoms with Gasteiger partial charge in [-0.3, -0.25) is 4.21 Å². The number of alkyl halides is 3. The van der Waals surface area contributed by atoms with E-state index in [4.69, 9.17) is 5.26 Å². The number of hydrogen-bond donors (Lipinski definition) is 0. The van der Waals surface area contributed by atoms with E-state index < -0.39 is 35.1 Å². The molecule has 0 fully saturated rings. The summed E-state index contributed by atoms with van der Waals surface area (Å²) < 4.78 is 53.9. The maximum absolute atomic E-state index is 14.4. The molecule has 0 aliphatic heterocycles. The van der Waals surface area contributed by atoms with E-state index >= 15 is 0 Å². The van der Waals surface area contributed by atoms with Gasteiger partial charge in [-0.05, 0) is 60.2 Å². The molecule has 0 aromatic heterocycles. The molecule has 0 amide bonds. The van der Waals surface area contributed by atoms with Crippen molar-refractivity contribution in [2.24, 2.45) is 5.92 Å². The van der Waals surface area contributed by atoms with Crippen LogP contribution in [0.1, 0.15) is 37.0 Å². The molecule has 1 aromatic carbocycles. The Hall–Kier alpha value is -2.13. The fourth-order valence-electron chi connectivity index (χ4n) is 3.48. The first-order valence-corrected chi connectivity index (χ1v) is 9.87. The van der Waals surface area contributed by atoms with Crippen molar-refractivity contribution in [3.63, 3.8) is 0 Å². The second-order valence-electron chi connectivity index (χ2n) is 6.76. The van der Waals surface area contributed by atoms with E-state index in [1.54, 1.807) is 19.1 Å². The second-order valence-corrected chi connectivity index (χ2v) is 8.11. The van der Waals surface area contributed by atoms with Gasteiger partial charge in [-0.2, -0.15) is 5.26 Å². The van der Waals surface area contributed by atoms with E-state index in [9.17, 15) is 17.4 Å². The Labute approximate surface area is 160 Å². The predicted octanol–water partition coefficient (Wildman–Crippen LogP) is 5.52. The molecule has 1 aliphatic rings. The minimum atomic E-state index is -3.01. The second kappa shape index (κ2) is 8.26. The fourth-order valence-corrected chi connectivity index (χ4v) is 4.41. The van der Waals surface area contributed by atoms with Crippen molar-refractivity contribution in [2.75, 3.05) is 6.01 Å². The van der Waals surface area contributed by atoms with Gasteiger partial charge in [0.2, 0.25) is 0 Å². The van der Waals surface area contributed by atoms with Crippen LogP contribution in [-0.4, -0.2) is 16.1 Å². The van der Waals surface area contributed by atoms with E-state index in [0.29, 0.717) is 16.7 Å². The van der Waals surface area contributed by atoms with Crippen molar-refractivity contribution in [2.45, 2.75) is 39.5 Å². The number of nitrogens with zero attached hydrogens (tertiary/aromatic N) is 1. The summed E-state index contributed by atoms with van der Waals surface area (Å²) in [4.78, 5) is 0.111. The molecule has 2 atom stereocenters. The summed E-state index contributed by atoms with van der Waals surface area (Å²) in [6.45, 7) is 8.77. The molecular weight excluding hydrogens is 371 g/mol. The van der Waals surface area contributed by atoms with Gasteiger partial charge in [0.1, 0.15) is 0 Å². The summed E-state index contributed by atoms with van der Waals surface area (Å²) in [5, 5.41) is 9.11. The first-order valence-electron chi connectivity index (χ1n) is 8.55. The maximum atomic E-state index is 14.4. The van der Waals surface area contributed by atoms with Gasteiger partial charge < -0.3 is 0 Å². The lowest BCUT2D eigenvalue weighted by molar-refractivity contribution is -0.0246. The van der Waals surface area contributed by atoms with Crippen LogP contribution in [0, 0.1) is 24.2 Å². The molecular formula is C21H22F3NOS. The summed E-state index contributed by atoms with van der Waals surface area (Å²) in [5.41, 5.74) is 3.21. The van der Waals surface area contributed by atoms with Crippen molar-refractivity contribution in [3.8, 4) is 6.07 Å². The zero-order valence-electron chi connectivity index (χ0n) is 15.6. The number of nitriles is 1. The van der Waals surface area contributed by atoms with E-state index in [-0.39, 0.29) is 16.9 Å². The average molecular weight is 393 g/mol. The lowest BCUT2D eigenvalue weighted by Gasteiger charge is -2.18. The minimum Gasteiger partial charge on any atom is -0.252 e. The third-order valence-electron chi connectivity index (χ3n) is 4.79. The Bertz CT molecular complexity index is 893. The highest BCUT2D eigenvalue weighted by Gasteiger charge is 2.48. The zero-order valence-corrected chi connectivity index (χ0v) is 16.4. The lowest BCUT2D eigenvalue weighted by atomic mass is 9.94. The van der Waals surface area contributed by atoms with Crippen LogP contribution in [-0.2, 0) is 17.2 Å². The van der Waals surface area contributed by atoms with Gasteiger partial charge in [0.05, 0.1) is 22.4 Å². The van der Waals surface area contributed by atoms with Crippen LogP contribution in [0.5, 0.6) is 0 Å². The molecule has 2 rings (SSSR count). The smallest absolute Gasteiger partial charge is 0.252 e. The van der Waals surface area contributed by atoms with E-state index in [1.807, 2.05) is 13.0 Å². The summed E-state index contributed by atoms with van der Waals surface area (Å²) in [5.74, 6) is -4.18. The lowest BCUT2D eigenvalue weighted by Crippen LogP contribution is -2.22. The van der Waals surface area contributed by atoms with Crippen LogP contribution in [0.2, 0.25) is 0 Å². The van der Waals surface area contributed by atoms with Gasteiger partial charge in [0.25, 0.3) is 5.92 Å². The number of allylic oxidation sites excluding steroid dienone is 4. The minimum absolute atomic E-state index is 0.111. The molecule has 1 aliphatic carbocycles. The largest absolute Gasteiger partial charge is 0.258 e. The van der Waals surface area contributed by atoms with Crippen LogP contribution in [0.4, 0.5) is 13.2 Å². The Morgan fingerprint density at radius 2 is 2.11 bits per heavy atom. The number of rotatable bonds is 6. The normalized spacial score (nSPS) is 20.5. The molecule has 1 aromatic rings. The van der Waals surface area contributed by atoms with Crippen molar-refractivity contribution in [1.29, 1.82) is 5.26 Å². The number of aryl methyl sites for hydroxylation is 1. The van der Waals surface area contributed by atoms with Gasteiger partial charge in [-0.25, -0.2) is 13.2 Å². The molecule has 0 saturated heterocycles. The van der Waals surface area contributed by atoms with Gasteiger partial charge in [-0.15, -0.1) is 0 Å². The monoisotopic (exact) mass is 393 g/mol. The summed E-state index contributed by atoms with van der Waals surface area (Å²) >= 11 is 0. The molecule has 0 heterocycles. The molecule has 0 N–H and O–H groups in total. The van der Waals surface area contributed by atoms with Crippen LogP contribution < -0.4 is 0 Å². The summed E-state index contributed by atoms with van der Waals surface area (Å²) in [6, 6.07) is 6.27. The molecule has 6 heteroatoms. The van der Waals surface area contributed by atoms with Gasteiger partial charge in [0.15, 0.2) is 6.01 Å². The highest BCUT2D eigenvalue weighted by Crippen LogP contribution is 2.49. The molecule has 0 spiro atoms. The summed E-state index contributed by atoms with van der Waals surface area (Å²) in [6.07, 6.45) is 1.22. The number of hydrogen-bond acceptors (Lipinski definition) is 2. The highest BCUT2D eigenvalue weighted by molar-refractivity contribution is 7.89. The highest BCUT2D eigenvalue weighted by atomic mass is 32.2. The maximum Gasteiger partial charge on any atom is 0.258 e. The zero-order chi connectivity index (χ0) is 20.4. The Kier molecular flexibility index (Phi) is 6.48. The third kappa shape index (κ3) is 4.41. The standard InChI is InChI=1S/C21H22F3NOS/c1-5-19(27(26)12-22)20-15(4)21(23,24)10-18(20)14(3)8-16-6-13(2)7-17(9-16)11-25/h5-7,9,15H,3,8,10,12H2,1-2,4H3/b19-5+/t15-,27?/m0/s1. The van der Waals surface area contributed by atoms with Gasteiger partial charge >= 0.3 is 0 Å². The van der Waals surface area contributed by atoms with Crippen molar-refractivity contribution in [1.82, 2.24) is 0 Å². The molecule has 1 unspecified atom stereocenters. The van der Waals surface area contributed by atoms with E-state index in [2.05, 4.69) is 12.6 Å². The summed E-state index contributed by atoms with van der Waals surface area (Å²) in [7, 11) is -1.98. The fraction of sp³-hybridized carbons (Fsp3) is 0.381. The van der Waals surface area contributed by atoms with Crippen LogP contribution in [0.15, 0.2) is 52.5 Å². The Morgan fingerprint density at radius 1 is 1.44 bits per heavy atom. The van der Waals surface area contributed by atoms with Crippen LogP contribution >= 0.6 is 0 Å². The van der Waals surface area contributed by atoms with Crippen LogP contribution in [0.3, 0.4) is 0 Å². The van der Waals surface area contributed by atoms with Crippen molar-refractivity contribution in [3.05, 3.63) is 69.2 Å². The molecule has 27 heavy (non-hydrogen) atoms. The Morgan fingerprint density at radius 3 is 2.67 bits per heavy atom. The SMILES string of the molecule is C=C(Cc1cc(C)cc(C#N)c1)C1=C(/C(=C\C)S(=O)CF)[C@H](C)C(F)(F)C1. The van der Waals surface area contributed by atoms with E-state index in [0.717, 1.165) is 11.1 Å². The first-order chi connectivity index (χ1) is 12.6. The average Bonchev–Trinajstić information content (AvgIpc) is 2.85. The molecule has 2 nitrogen and oxygen atoms in total. The van der Waals surface area contributed by atoms with Crippen molar-refractivity contribution < 1.29 is 17.4 Å². The number of halogens is 3.